The summed E-state index contributed by atoms with van der Waals surface area (Å²) in [4.78, 5) is 18.9. The smallest absolute Gasteiger partial charge is 0.258 e. The van der Waals surface area contributed by atoms with E-state index in [0.717, 1.165) is 17.3 Å². The fourth-order valence-electron chi connectivity index (χ4n) is 1.57. The van der Waals surface area contributed by atoms with E-state index in [0.29, 0.717) is 22.5 Å². The van der Waals surface area contributed by atoms with Gasteiger partial charge in [0.2, 0.25) is 0 Å². The summed E-state index contributed by atoms with van der Waals surface area (Å²) < 4.78 is 0. The lowest BCUT2D eigenvalue weighted by Crippen LogP contribution is -2.13. The molecule has 0 aliphatic rings. The minimum absolute atomic E-state index is 0.0116. The van der Waals surface area contributed by atoms with Gasteiger partial charge in [0.05, 0.1) is 16.7 Å². The number of nitrogens with zero attached hydrogens (tertiary/aromatic N) is 1. The zero-order valence-electron chi connectivity index (χ0n) is 9.28. The first-order chi connectivity index (χ1) is 8.08. The van der Waals surface area contributed by atoms with Crippen LogP contribution >= 0.6 is 11.8 Å². The molecule has 0 bridgehead atoms. The monoisotopic (exact) mass is 248 g/mol. The summed E-state index contributed by atoms with van der Waals surface area (Å²) in [5.74, 6) is 0.937. The summed E-state index contributed by atoms with van der Waals surface area (Å²) in [6.07, 6.45) is 0. The molecule has 17 heavy (non-hydrogen) atoms. The Morgan fingerprint density at radius 1 is 1.59 bits per heavy atom. The summed E-state index contributed by atoms with van der Waals surface area (Å²) in [6, 6.07) is 5.49. The number of aromatic nitrogens is 2. The molecule has 2 rings (SSSR count). The first-order valence-electron chi connectivity index (χ1n) is 5.03. The summed E-state index contributed by atoms with van der Waals surface area (Å²) in [6.45, 7) is 1.91. The molecule has 4 N–H and O–H groups in total. The molecule has 6 heteroatoms. The minimum Gasteiger partial charge on any atom is -0.379 e. The van der Waals surface area contributed by atoms with Crippen LogP contribution in [0.5, 0.6) is 0 Å². The summed E-state index contributed by atoms with van der Waals surface area (Å²) >= 11 is 1.14. The Kier molecular flexibility index (Phi) is 3.14. The van der Waals surface area contributed by atoms with Gasteiger partial charge in [-0.25, -0.2) is 4.98 Å². The van der Waals surface area contributed by atoms with E-state index in [1.165, 1.54) is 0 Å². The van der Waals surface area contributed by atoms with Crippen molar-refractivity contribution in [2.45, 2.75) is 12.7 Å². The average Bonchev–Trinajstić information content (AvgIpc) is 2.28. The molecule has 0 atom stereocenters. The highest BCUT2D eigenvalue weighted by Crippen LogP contribution is 2.14. The van der Waals surface area contributed by atoms with Crippen LogP contribution in [-0.4, -0.2) is 15.1 Å². The summed E-state index contributed by atoms with van der Waals surface area (Å²) in [5, 5.41) is 7.72. The first-order valence-corrected chi connectivity index (χ1v) is 6.02. The van der Waals surface area contributed by atoms with Gasteiger partial charge in [-0.3, -0.25) is 10.2 Å². The fourth-order valence-corrected chi connectivity index (χ4v) is 2.00. The number of hydrogen-bond donors (Lipinski definition) is 3. The Labute approximate surface area is 102 Å². The Morgan fingerprint density at radius 3 is 3.06 bits per heavy atom. The number of aryl methyl sites for hydroxylation is 1. The predicted molar refractivity (Wildman–Crippen MR) is 70.3 cm³/mol. The lowest BCUT2D eigenvalue weighted by molar-refractivity contribution is 1.04. The molecule has 0 unspecified atom stereocenters. The maximum Gasteiger partial charge on any atom is 0.258 e. The number of aromatic amines is 1. The lowest BCUT2D eigenvalue weighted by atomic mass is 10.1. The third kappa shape index (κ3) is 2.47. The van der Waals surface area contributed by atoms with Crippen molar-refractivity contribution in [3.05, 3.63) is 39.9 Å². The lowest BCUT2D eigenvalue weighted by Gasteiger charge is -2.04. The van der Waals surface area contributed by atoms with Crippen LogP contribution < -0.4 is 11.3 Å². The third-order valence-electron chi connectivity index (χ3n) is 2.35. The van der Waals surface area contributed by atoms with Crippen LogP contribution in [-0.2, 0) is 5.75 Å². The molecule has 5 nitrogen and oxygen atoms in total. The van der Waals surface area contributed by atoms with Crippen molar-refractivity contribution in [2.75, 3.05) is 0 Å². The van der Waals surface area contributed by atoms with Gasteiger partial charge < -0.3 is 10.7 Å². The van der Waals surface area contributed by atoms with E-state index in [1.807, 2.05) is 19.1 Å². The van der Waals surface area contributed by atoms with Crippen molar-refractivity contribution in [3.8, 4) is 0 Å². The molecule has 2 aromatic rings. The van der Waals surface area contributed by atoms with E-state index < -0.39 is 0 Å². The third-order valence-corrected chi connectivity index (χ3v) is 3.08. The van der Waals surface area contributed by atoms with Crippen molar-refractivity contribution in [3.63, 3.8) is 0 Å². The van der Waals surface area contributed by atoms with Gasteiger partial charge in [-0.2, -0.15) is 0 Å². The number of para-hydroxylation sites is 1. The standard InChI is InChI=1S/C11H12N4OS/c1-6-3-2-4-7-9(6)14-8(15-10(7)16)5-17-11(12)13/h2-4H,5H2,1H3,(H3,12,13)(H,14,15,16). The molecule has 88 valence electrons. The van der Waals surface area contributed by atoms with Crippen LogP contribution in [0.15, 0.2) is 23.0 Å². The zero-order valence-corrected chi connectivity index (χ0v) is 10.1. The maximum absolute atomic E-state index is 11.8. The minimum atomic E-state index is -0.155. The SMILES string of the molecule is Cc1cccc2c(=O)[nH]c(CSC(=N)N)nc12. The van der Waals surface area contributed by atoms with E-state index >= 15 is 0 Å². The quantitative estimate of drug-likeness (QED) is 0.552. The predicted octanol–water partition coefficient (Wildman–Crippen LogP) is 1.36. The topological polar surface area (TPSA) is 95.6 Å². The van der Waals surface area contributed by atoms with Crippen molar-refractivity contribution in [1.82, 2.24) is 9.97 Å². The van der Waals surface area contributed by atoms with Gasteiger partial charge in [-0.15, -0.1) is 0 Å². The van der Waals surface area contributed by atoms with E-state index in [-0.39, 0.29) is 10.7 Å². The number of rotatable bonds is 2. The highest BCUT2D eigenvalue weighted by molar-refractivity contribution is 8.12. The van der Waals surface area contributed by atoms with Gasteiger partial charge in [-0.05, 0) is 18.6 Å². The Bertz CT molecular complexity index is 635. The molecule has 0 saturated carbocycles. The van der Waals surface area contributed by atoms with E-state index in [2.05, 4.69) is 9.97 Å². The second kappa shape index (κ2) is 4.58. The molecular formula is C11H12N4OS. The van der Waals surface area contributed by atoms with Crippen molar-refractivity contribution in [2.24, 2.45) is 5.73 Å². The van der Waals surface area contributed by atoms with Crippen LogP contribution in [0.1, 0.15) is 11.4 Å². The second-order valence-corrected chi connectivity index (χ2v) is 4.65. The first kappa shape index (κ1) is 11.7. The molecule has 0 aliphatic carbocycles. The molecular weight excluding hydrogens is 236 g/mol. The molecule has 1 aromatic carbocycles. The number of amidine groups is 1. The number of benzene rings is 1. The highest BCUT2D eigenvalue weighted by atomic mass is 32.2. The normalized spacial score (nSPS) is 10.6. The highest BCUT2D eigenvalue weighted by Gasteiger charge is 2.06. The molecule has 0 spiro atoms. The molecule has 0 radical (unpaired) electrons. The van der Waals surface area contributed by atoms with Crippen LogP contribution in [0.3, 0.4) is 0 Å². The summed E-state index contributed by atoms with van der Waals surface area (Å²) in [5.41, 5.74) is 6.76. The van der Waals surface area contributed by atoms with Gasteiger partial charge in [0.1, 0.15) is 5.82 Å². The van der Waals surface area contributed by atoms with E-state index in [1.54, 1.807) is 6.07 Å². The molecule has 0 aliphatic heterocycles. The van der Waals surface area contributed by atoms with Crippen molar-refractivity contribution < 1.29 is 0 Å². The van der Waals surface area contributed by atoms with Crippen LogP contribution in [0.25, 0.3) is 10.9 Å². The molecule has 1 aromatic heterocycles. The largest absolute Gasteiger partial charge is 0.379 e. The number of nitrogens with one attached hydrogen (secondary N) is 2. The van der Waals surface area contributed by atoms with Crippen LogP contribution in [0, 0.1) is 12.3 Å². The number of H-pyrrole nitrogens is 1. The fraction of sp³-hybridized carbons (Fsp3) is 0.182. The van der Waals surface area contributed by atoms with E-state index in [4.69, 9.17) is 11.1 Å². The van der Waals surface area contributed by atoms with Crippen molar-refractivity contribution >= 4 is 27.8 Å². The molecule has 1 heterocycles. The second-order valence-electron chi connectivity index (χ2n) is 3.64. The van der Waals surface area contributed by atoms with Gasteiger partial charge in [0, 0.05) is 0 Å². The molecule has 0 fully saturated rings. The molecule has 0 saturated heterocycles. The van der Waals surface area contributed by atoms with Gasteiger partial charge in [0.15, 0.2) is 5.17 Å². The Balaban J connectivity index is 2.50. The summed E-state index contributed by atoms with van der Waals surface area (Å²) in [7, 11) is 0. The average molecular weight is 248 g/mol. The van der Waals surface area contributed by atoms with Crippen molar-refractivity contribution in [1.29, 1.82) is 5.41 Å². The Hall–Kier alpha value is -1.82. The van der Waals surface area contributed by atoms with Gasteiger partial charge in [0.25, 0.3) is 5.56 Å². The van der Waals surface area contributed by atoms with Crippen LogP contribution in [0.2, 0.25) is 0 Å². The van der Waals surface area contributed by atoms with E-state index in [9.17, 15) is 4.79 Å². The number of fused-ring (bicyclic) bond motifs is 1. The van der Waals surface area contributed by atoms with Gasteiger partial charge in [-0.1, -0.05) is 23.9 Å². The van der Waals surface area contributed by atoms with Gasteiger partial charge >= 0.3 is 0 Å². The Morgan fingerprint density at radius 2 is 2.35 bits per heavy atom. The maximum atomic E-state index is 11.8. The number of hydrogen-bond acceptors (Lipinski definition) is 4. The number of thioether (sulfide) groups is 1. The van der Waals surface area contributed by atoms with Crippen LogP contribution in [0.4, 0.5) is 0 Å². The molecule has 0 amide bonds. The number of nitrogens with two attached hydrogens (primary N) is 1. The zero-order chi connectivity index (χ0) is 12.4.